The molecular weight excluding hydrogens is 460 g/mol. The number of aromatic nitrogens is 2. The summed E-state index contributed by atoms with van der Waals surface area (Å²) in [4.78, 5) is 12.6. The van der Waals surface area contributed by atoms with Gasteiger partial charge in [-0.25, -0.2) is 5.43 Å². The lowest BCUT2D eigenvalue weighted by Crippen LogP contribution is -2.18. The Labute approximate surface area is 208 Å². The van der Waals surface area contributed by atoms with Crippen LogP contribution in [0.25, 0.3) is 11.3 Å². The highest BCUT2D eigenvalue weighted by molar-refractivity contribution is 5.94. The van der Waals surface area contributed by atoms with Gasteiger partial charge in [0.25, 0.3) is 5.91 Å². The average molecular weight is 487 g/mol. The first kappa shape index (κ1) is 24.3. The van der Waals surface area contributed by atoms with Crippen LogP contribution in [0.1, 0.15) is 21.6 Å². The summed E-state index contributed by atoms with van der Waals surface area (Å²) in [5.74, 6) is 1.99. The summed E-state index contributed by atoms with van der Waals surface area (Å²) in [6.07, 6.45) is 1.52. The molecule has 0 aliphatic heterocycles. The van der Waals surface area contributed by atoms with Gasteiger partial charge in [0.15, 0.2) is 11.5 Å². The van der Waals surface area contributed by atoms with Crippen LogP contribution in [0.15, 0.2) is 77.9 Å². The van der Waals surface area contributed by atoms with Crippen LogP contribution in [0.4, 0.5) is 0 Å². The molecule has 9 nitrogen and oxygen atoms in total. The Kier molecular flexibility index (Phi) is 7.82. The third-order valence-electron chi connectivity index (χ3n) is 5.31. The fraction of sp³-hybridized carbons (Fsp3) is 0.148. The minimum atomic E-state index is -0.444. The van der Waals surface area contributed by atoms with Crippen molar-refractivity contribution in [1.29, 1.82) is 0 Å². The molecular formula is C27H26N4O5. The first-order chi connectivity index (χ1) is 17.6. The Balaban J connectivity index is 1.42. The van der Waals surface area contributed by atoms with Gasteiger partial charge in [0.05, 0.1) is 33.2 Å². The van der Waals surface area contributed by atoms with Gasteiger partial charge in [-0.2, -0.15) is 10.2 Å². The third-order valence-corrected chi connectivity index (χ3v) is 5.31. The maximum absolute atomic E-state index is 12.6. The Morgan fingerprint density at radius 2 is 1.69 bits per heavy atom. The summed E-state index contributed by atoms with van der Waals surface area (Å²) < 4.78 is 22.0. The van der Waals surface area contributed by atoms with Crippen LogP contribution in [-0.4, -0.2) is 43.6 Å². The second-order valence-electron chi connectivity index (χ2n) is 7.62. The summed E-state index contributed by atoms with van der Waals surface area (Å²) in [6.45, 7) is 0.398. The second kappa shape index (κ2) is 11.6. The van der Waals surface area contributed by atoms with Gasteiger partial charge in [-0.3, -0.25) is 9.89 Å². The minimum Gasteiger partial charge on any atom is -0.497 e. The van der Waals surface area contributed by atoms with E-state index in [-0.39, 0.29) is 5.69 Å². The lowest BCUT2D eigenvalue weighted by Gasteiger charge is -2.11. The molecule has 0 fully saturated rings. The molecule has 0 saturated heterocycles. The number of carbonyl (C=O) groups excluding carboxylic acids is 1. The molecule has 0 unspecified atom stereocenters. The fourth-order valence-corrected chi connectivity index (χ4v) is 3.44. The quantitative estimate of drug-likeness (QED) is 0.253. The van der Waals surface area contributed by atoms with Crippen molar-refractivity contribution in [3.05, 3.63) is 89.6 Å². The number of hydrogen-bond donors (Lipinski definition) is 2. The summed E-state index contributed by atoms with van der Waals surface area (Å²) in [6, 6.07) is 22.2. The number of nitrogens with zero attached hydrogens (tertiary/aromatic N) is 2. The van der Waals surface area contributed by atoms with E-state index in [1.54, 1.807) is 57.7 Å². The fourth-order valence-electron chi connectivity index (χ4n) is 3.44. The van der Waals surface area contributed by atoms with Gasteiger partial charge in [0, 0.05) is 5.56 Å². The number of hydrogen-bond acceptors (Lipinski definition) is 7. The number of H-pyrrole nitrogens is 1. The van der Waals surface area contributed by atoms with Crippen molar-refractivity contribution in [2.45, 2.75) is 6.61 Å². The second-order valence-corrected chi connectivity index (χ2v) is 7.62. The Morgan fingerprint density at radius 1 is 0.917 bits per heavy atom. The van der Waals surface area contributed by atoms with Gasteiger partial charge in [0.2, 0.25) is 0 Å². The van der Waals surface area contributed by atoms with Crippen LogP contribution in [0.3, 0.4) is 0 Å². The predicted molar refractivity (Wildman–Crippen MR) is 136 cm³/mol. The maximum atomic E-state index is 12.6. The molecule has 2 N–H and O–H groups in total. The molecule has 0 aliphatic carbocycles. The minimum absolute atomic E-state index is 0.244. The van der Waals surface area contributed by atoms with Gasteiger partial charge in [-0.05, 0) is 53.6 Å². The van der Waals surface area contributed by atoms with Crippen molar-refractivity contribution in [2.75, 3.05) is 21.3 Å². The van der Waals surface area contributed by atoms with Crippen LogP contribution in [-0.2, 0) is 6.61 Å². The van der Waals surface area contributed by atoms with Gasteiger partial charge in [0.1, 0.15) is 23.8 Å². The first-order valence-electron chi connectivity index (χ1n) is 11.1. The van der Waals surface area contributed by atoms with Gasteiger partial charge >= 0.3 is 0 Å². The van der Waals surface area contributed by atoms with Gasteiger partial charge in [-0.15, -0.1) is 0 Å². The van der Waals surface area contributed by atoms with Crippen molar-refractivity contribution < 1.29 is 23.7 Å². The molecule has 1 heterocycles. The van der Waals surface area contributed by atoms with E-state index in [0.29, 0.717) is 40.9 Å². The van der Waals surface area contributed by atoms with Gasteiger partial charge in [-0.1, -0.05) is 30.3 Å². The Bertz CT molecular complexity index is 1350. The molecule has 3 aromatic carbocycles. The predicted octanol–water partition coefficient (Wildman–Crippen LogP) is 4.45. The van der Waals surface area contributed by atoms with Crippen LogP contribution in [0.5, 0.6) is 23.0 Å². The number of benzene rings is 3. The average Bonchev–Trinajstić information content (AvgIpc) is 3.42. The standard InChI is InChI=1S/C27H26N4O5/c1-33-20-10-12-24(34-2)21(14-20)22-15-23(30-29-22)27(32)31-28-16-19-9-11-25(35-3)26(13-19)36-17-18-7-5-4-6-8-18/h4-16H,17H2,1-3H3,(H,29,30)(H,31,32). The number of hydrazone groups is 1. The van der Waals surface area contributed by atoms with E-state index in [1.165, 1.54) is 6.21 Å². The number of carbonyl (C=O) groups is 1. The third kappa shape index (κ3) is 5.82. The van der Waals surface area contributed by atoms with Crippen molar-refractivity contribution in [3.63, 3.8) is 0 Å². The Hall–Kier alpha value is -4.79. The van der Waals surface area contributed by atoms with Crippen molar-refractivity contribution >= 4 is 12.1 Å². The van der Waals surface area contributed by atoms with E-state index in [9.17, 15) is 4.79 Å². The molecule has 36 heavy (non-hydrogen) atoms. The van der Waals surface area contributed by atoms with E-state index < -0.39 is 5.91 Å². The molecule has 9 heteroatoms. The molecule has 0 saturated carbocycles. The molecule has 4 rings (SSSR count). The zero-order valence-corrected chi connectivity index (χ0v) is 20.1. The smallest absolute Gasteiger partial charge is 0.289 e. The van der Waals surface area contributed by atoms with Crippen LogP contribution in [0.2, 0.25) is 0 Å². The van der Waals surface area contributed by atoms with E-state index in [0.717, 1.165) is 11.1 Å². The molecule has 0 atom stereocenters. The normalized spacial score (nSPS) is 10.8. The van der Waals surface area contributed by atoms with E-state index in [1.807, 2.05) is 36.4 Å². The monoisotopic (exact) mass is 486 g/mol. The lowest BCUT2D eigenvalue weighted by molar-refractivity contribution is 0.0950. The number of aromatic amines is 1. The van der Waals surface area contributed by atoms with Crippen molar-refractivity contribution in [1.82, 2.24) is 15.6 Å². The largest absolute Gasteiger partial charge is 0.497 e. The summed E-state index contributed by atoms with van der Waals surface area (Å²) >= 11 is 0. The number of nitrogens with one attached hydrogen (secondary N) is 2. The van der Waals surface area contributed by atoms with E-state index >= 15 is 0 Å². The van der Waals surface area contributed by atoms with Crippen LogP contribution >= 0.6 is 0 Å². The van der Waals surface area contributed by atoms with Crippen LogP contribution < -0.4 is 24.4 Å². The molecule has 184 valence electrons. The maximum Gasteiger partial charge on any atom is 0.289 e. The van der Waals surface area contributed by atoms with E-state index in [2.05, 4.69) is 20.7 Å². The molecule has 1 amide bonds. The summed E-state index contributed by atoms with van der Waals surface area (Å²) in [5.41, 5.74) is 5.74. The molecule has 4 aromatic rings. The molecule has 0 aliphatic rings. The summed E-state index contributed by atoms with van der Waals surface area (Å²) in [7, 11) is 4.73. The SMILES string of the molecule is COc1ccc(OC)c(-c2cc(C(=O)NN=Cc3ccc(OC)c(OCc4ccccc4)c3)[nH]n2)c1. The number of rotatable bonds is 10. The van der Waals surface area contributed by atoms with E-state index in [4.69, 9.17) is 18.9 Å². The first-order valence-corrected chi connectivity index (χ1v) is 11.1. The highest BCUT2D eigenvalue weighted by Gasteiger charge is 2.15. The number of ether oxygens (including phenoxy) is 4. The zero-order chi connectivity index (χ0) is 25.3. The van der Waals surface area contributed by atoms with Crippen LogP contribution in [0, 0.1) is 0 Å². The number of methoxy groups -OCH3 is 3. The lowest BCUT2D eigenvalue weighted by atomic mass is 10.1. The topological polar surface area (TPSA) is 107 Å². The summed E-state index contributed by atoms with van der Waals surface area (Å²) in [5, 5.41) is 11.0. The Morgan fingerprint density at radius 3 is 2.44 bits per heavy atom. The van der Waals surface area contributed by atoms with Crippen molar-refractivity contribution in [3.8, 4) is 34.3 Å². The zero-order valence-electron chi connectivity index (χ0n) is 20.1. The highest BCUT2D eigenvalue weighted by atomic mass is 16.5. The van der Waals surface area contributed by atoms with Crippen molar-refractivity contribution in [2.24, 2.45) is 5.10 Å². The van der Waals surface area contributed by atoms with Gasteiger partial charge < -0.3 is 18.9 Å². The number of amides is 1. The highest BCUT2D eigenvalue weighted by Crippen LogP contribution is 2.32. The molecule has 0 bridgehead atoms. The molecule has 1 aromatic heterocycles. The molecule has 0 radical (unpaired) electrons. The molecule has 0 spiro atoms.